The molecule has 3 aromatic rings. The van der Waals surface area contributed by atoms with E-state index in [-0.39, 0.29) is 5.91 Å². The number of amides is 1. The number of hydrogen-bond donors (Lipinski definition) is 2. The number of carbonyl (C=O) groups is 1. The van der Waals surface area contributed by atoms with Gasteiger partial charge in [0.15, 0.2) is 4.34 Å². The highest BCUT2D eigenvalue weighted by atomic mass is 35.5. The second kappa shape index (κ2) is 10.7. The van der Waals surface area contributed by atoms with E-state index in [0.29, 0.717) is 12.3 Å². The Labute approximate surface area is 175 Å². The topological polar surface area (TPSA) is 66.9 Å². The zero-order valence-corrected chi connectivity index (χ0v) is 17.7. The number of benzene rings is 1. The molecule has 5 nitrogen and oxygen atoms in total. The number of thiophene rings is 1. The summed E-state index contributed by atoms with van der Waals surface area (Å²) in [4.78, 5) is 13.3. The SMILES string of the molecule is O=C(CSc1nnc(NCCc2cccs2)s1)NCCc1ccc(Cl)cc1. The molecule has 0 aliphatic carbocycles. The van der Waals surface area contributed by atoms with Crippen molar-refractivity contribution in [3.8, 4) is 0 Å². The third-order valence-corrected chi connectivity index (χ3v) is 6.81. The van der Waals surface area contributed by atoms with Crippen LogP contribution in [0.3, 0.4) is 0 Å². The van der Waals surface area contributed by atoms with Crippen molar-refractivity contribution in [3.05, 3.63) is 57.2 Å². The maximum Gasteiger partial charge on any atom is 0.230 e. The van der Waals surface area contributed by atoms with Crippen LogP contribution in [-0.2, 0) is 17.6 Å². The highest BCUT2D eigenvalue weighted by Crippen LogP contribution is 2.25. The van der Waals surface area contributed by atoms with Gasteiger partial charge in [0, 0.05) is 23.0 Å². The minimum Gasteiger partial charge on any atom is -0.360 e. The van der Waals surface area contributed by atoms with Crippen LogP contribution in [0.25, 0.3) is 0 Å². The van der Waals surface area contributed by atoms with Gasteiger partial charge >= 0.3 is 0 Å². The third kappa shape index (κ3) is 7.14. The van der Waals surface area contributed by atoms with Crippen molar-refractivity contribution in [1.29, 1.82) is 0 Å². The zero-order chi connectivity index (χ0) is 18.9. The molecule has 0 saturated heterocycles. The second-order valence-corrected chi connectivity index (χ2v) is 9.31. The van der Waals surface area contributed by atoms with Gasteiger partial charge in [-0.25, -0.2) is 0 Å². The lowest BCUT2D eigenvalue weighted by Gasteiger charge is -2.04. The number of aromatic nitrogens is 2. The van der Waals surface area contributed by atoms with Crippen LogP contribution in [0.15, 0.2) is 46.1 Å². The molecule has 0 aliphatic heterocycles. The van der Waals surface area contributed by atoms with E-state index in [1.165, 1.54) is 28.0 Å². The normalized spacial score (nSPS) is 10.7. The molecule has 0 radical (unpaired) electrons. The van der Waals surface area contributed by atoms with Gasteiger partial charge in [-0.1, -0.05) is 52.9 Å². The molecule has 0 fully saturated rings. The standard InChI is InChI=1S/C18H19ClN4OS3/c19-14-5-3-13(4-6-14)7-9-20-16(24)12-26-18-23-22-17(27-18)21-10-8-15-2-1-11-25-15/h1-6,11H,7-10,12H2,(H,20,24)(H,21,22). The summed E-state index contributed by atoms with van der Waals surface area (Å²) in [6.45, 7) is 1.43. The molecule has 0 atom stereocenters. The number of hydrogen-bond acceptors (Lipinski definition) is 7. The van der Waals surface area contributed by atoms with Gasteiger partial charge < -0.3 is 10.6 Å². The molecule has 1 amide bonds. The van der Waals surface area contributed by atoms with Crippen molar-refractivity contribution in [2.24, 2.45) is 0 Å². The largest absolute Gasteiger partial charge is 0.360 e. The van der Waals surface area contributed by atoms with Crippen molar-refractivity contribution >= 4 is 57.1 Å². The van der Waals surface area contributed by atoms with Crippen molar-refractivity contribution in [1.82, 2.24) is 15.5 Å². The van der Waals surface area contributed by atoms with E-state index >= 15 is 0 Å². The Hall–Kier alpha value is -1.61. The molecule has 0 aliphatic rings. The quantitative estimate of drug-likeness (QED) is 0.460. The first-order valence-corrected chi connectivity index (χ1v) is 11.5. The van der Waals surface area contributed by atoms with E-state index in [1.807, 2.05) is 24.3 Å². The lowest BCUT2D eigenvalue weighted by molar-refractivity contribution is -0.118. The Morgan fingerprint density at radius 1 is 1.11 bits per heavy atom. The summed E-state index contributed by atoms with van der Waals surface area (Å²) in [7, 11) is 0. The molecular formula is C18H19ClN4OS3. The van der Waals surface area contributed by atoms with Gasteiger partial charge in [-0.2, -0.15) is 0 Å². The van der Waals surface area contributed by atoms with Gasteiger partial charge in [-0.15, -0.1) is 21.5 Å². The molecule has 27 heavy (non-hydrogen) atoms. The summed E-state index contributed by atoms with van der Waals surface area (Å²) in [6.07, 6.45) is 1.75. The van der Waals surface area contributed by atoms with Crippen LogP contribution in [0.4, 0.5) is 5.13 Å². The van der Waals surface area contributed by atoms with E-state index in [4.69, 9.17) is 11.6 Å². The first-order valence-electron chi connectivity index (χ1n) is 8.43. The van der Waals surface area contributed by atoms with Crippen LogP contribution < -0.4 is 10.6 Å². The van der Waals surface area contributed by atoms with Crippen molar-refractivity contribution < 1.29 is 4.79 Å². The van der Waals surface area contributed by atoms with Crippen LogP contribution >= 0.6 is 46.0 Å². The molecular weight excluding hydrogens is 420 g/mol. The Morgan fingerprint density at radius 3 is 2.74 bits per heavy atom. The first-order chi connectivity index (χ1) is 13.2. The van der Waals surface area contributed by atoms with Crippen LogP contribution in [-0.4, -0.2) is 34.9 Å². The molecule has 0 unspecified atom stereocenters. The minimum atomic E-state index is -0.00336. The number of thioether (sulfide) groups is 1. The van der Waals surface area contributed by atoms with Crippen LogP contribution in [0.1, 0.15) is 10.4 Å². The number of nitrogens with zero attached hydrogens (tertiary/aromatic N) is 2. The van der Waals surface area contributed by atoms with E-state index in [1.54, 1.807) is 11.3 Å². The van der Waals surface area contributed by atoms with Crippen molar-refractivity contribution in [3.63, 3.8) is 0 Å². The lowest BCUT2D eigenvalue weighted by Crippen LogP contribution is -2.27. The summed E-state index contributed by atoms with van der Waals surface area (Å²) in [6, 6.07) is 11.8. The van der Waals surface area contributed by atoms with E-state index in [0.717, 1.165) is 39.4 Å². The van der Waals surface area contributed by atoms with Crippen molar-refractivity contribution in [2.45, 2.75) is 17.2 Å². The molecule has 3 rings (SSSR count). The number of anilines is 1. The van der Waals surface area contributed by atoms with Gasteiger partial charge in [-0.05, 0) is 42.0 Å². The fourth-order valence-corrected chi connectivity index (χ4v) is 4.71. The van der Waals surface area contributed by atoms with E-state index in [2.05, 4.69) is 38.3 Å². The average molecular weight is 439 g/mol. The van der Waals surface area contributed by atoms with Gasteiger partial charge in [0.2, 0.25) is 11.0 Å². The maximum absolute atomic E-state index is 12.0. The third-order valence-electron chi connectivity index (χ3n) is 3.61. The summed E-state index contributed by atoms with van der Waals surface area (Å²) in [5.74, 6) is 0.334. The number of halogens is 1. The number of nitrogens with one attached hydrogen (secondary N) is 2. The summed E-state index contributed by atoms with van der Waals surface area (Å²) in [5, 5.41) is 18.0. The molecule has 2 heterocycles. The van der Waals surface area contributed by atoms with Gasteiger partial charge in [-0.3, -0.25) is 4.79 Å². The molecule has 9 heteroatoms. The zero-order valence-electron chi connectivity index (χ0n) is 14.5. The highest BCUT2D eigenvalue weighted by Gasteiger charge is 2.08. The Bertz CT molecular complexity index is 837. The smallest absolute Gasteiger partial charge is 0.230 e. The van der Waals surface area contributed by atoms with Gasteiger partial charge in [0.05, 0.1) is 5.75 Å². The van der Waals surface area contributed by atoms with Gasteiger partial charge in [0.1, 0.15) is 0 Å². The monoisotopic (exact) mass is 438 g/mol. The summed E-state index contributed by atoms with van der Waals surface area (Å²) >= 11 is 10.5. The van der Waals surface area contributed by atoms with Crippen LogP contribution in [0, 0.1) is 0 Å². The number of carbonyl (C=O) groups excluding carboxylic acids is 1. The predicted molar refractivity (Wildman–Crippen MR) is 115 cm³/mol. The van der Waals surface area contributed by atoms with Crippen molar-refractivity contribution in [2.75, 3.05) is 24.2 Å². The molecule has 142 valence electrons. The Balaban J connectivity index is 1.31. The number of rotatable bonds is 10. The minimum absolute atomic E-state index is 0.00336. The second-order valence-electron chi connectivity index (χ2n) is 5.64. The fourth-order valence-electron chi connectivity index (χ4n) is 2.26. The Kier molecular flexibility index (Phi) is 7.94. The Morgan fingerprint density at radius 2 is 1.96 bits per heavy atom. The molecule has 2 aromatic heterocycles. The van der Waals surface area contributed by atoms with E-state index < -0.39 is 0 Å². The highest BCUT2D eigenvalue weighted by molar-refractivity contribution is 8.01. The molecule has 0 bridgehead atoms. The molecule has 0 spiro atoms. The fraction of sp³-hybridized carbons (Fsp3) is 0.278. The first kappa shape index (κ1) is 20.1. The molecule has 2 N–H and O–H groups in total. The molecule has 0 saturated carbocycles. The van der Waals surface area contributed by atoms with E-state index in [9.17, 15) is 4.79 Å². The average Bonchev–Trinajstić information content (AvgIpc) is 3.34. The van der Waals surface area contributed by atoms with Crippen LogP contribution in [0.2, 0.25) is 5.02 Å². The molecule has 1 aromatic carbocycles. The predicted octanol–water partition coefficient (Wildman–Crippen LogP) is 4.36. The van der Waals surface area contributed by atoms with Gasteiger partial charge in [0.25, 0.3) is 0 Å². The lowest BCUT2D eigenvalue weighted by atomic mass is 10.1. The summed E-state index contributed by atoms with van der Waals surface area (Å²) in [5.41, 5.74) is 1.15. The summed E-state index contributed by atoms with van der Waals surface area (Å²) < 4.78 is 0.793. The maximum atomic E-state index is 12.0. The van der Waals surface area contributed by atoms with Crippen LogP contribution in [0.5, 0.6) is 0 Å².